The quantitative estimate of drug-likeness (QED) is 0.722. The number of amides is 1. The summed E-state index contributed by atoms with van der Waals surface area (Å²) in [4.78, 5) is 30.1. The highest BCUT2D eigenvalue weighted by Gasteiger charge is 2.37. The van der Waals surface area contributed by atoms with Crippen LogP contribution in [0.4, 0.5) is 0 Å². The van der Waals surface area contributed by atoms with E-state index in [4.69, 9.17) is 9.47 Å². The van der Waals surface area contributed by atoms with Crippen LogP contribution in [0.2, 0.25) is 0 Å². The lowest BCUT2D eigenvalue weighted by Crippen LogP contribution is -2.53. The Balaban J connectivity index is 1.49. The number of hydrogen-bond acceptors (Lipinski definition) is 7. The molecule has 29 heavy (non-hydrogen) atoms. The Morgan fingerprint density at radius 3 is 2.69 bits per heavy atom. The van der Waals surface area contributed by atoms with Gasteiger partial charge in [0.25, 0.3) is 0 Å². The second kappa shape index (κ2) is 9.87. The molecule has 2 saturated heterocycles. The number of morpholine rings is 2. The second-order valence-electron chi connectivity index (χ2n) is 7.34. The van der Waals surface area contributed by atoms with Crippen LogP contribution in [-0.2, 0) is 20.7 Å². The van der Waals surface area contributed by atoms with E-state index in [9.17, 15) is 4.79 Å². The Morgan fingerprint density at radius 1 is 1.07 bits per heavy atom. The molecule has 0 aromatic carbocycles. The van der Waals surface area contributed by atoms with Gasteiger partial charge in [0.15, 0.2) is 0 Å². The Bertz CT molecular complexity index is 770. The molecule has 0 bridgehead atoms. The van der Waals surface area contributed by atoms with Gasteiger partial charge in [-0.1, -0.05) is 6.07 Å². The zero-order valence-corrected chi connectivity index (χ0v) is 16.5. The average molecular weight is 397 g/mol. The van der Waals surface area contributed by atoms with Crippen LogP contribution in [0.5, 0.6) is 0 Å². The first-order chi connectivity index (χ1) is 14.3. The zero-order chi connectivity index (χ0) is 19.9. The number of aryl methyl sites for hydroxylation is 1. The Kier molecular flexibility index (Phi) is 6.76. The van der Waals surface area contributed by atoms with E-state index in [0.29, 0.717) is 26.0 Å². The van der Waals surface area contributed by atoms with E-state index in [2.05, 4.69) is 19.9 Å². The summed E-state index contributed by atoms with van der Waals surface area (Å²) in [5.74, 6) is 0.111. The van der Waals surface area contributed by atoms with Gasteiger partial charge in [0.2, 0.25) is 5.91 Å². The Labute approximate surface area is 170 Å². The number of carbonyl (C=O) groups excluding carboxylic acids is 1. The van der Waals surface area contributed by atoms with Gasteiger partial charge in [-0.3, -0.25) is 24.6 Å². The highest BCUT2D eigenvalue weighted by Crippen LogP contribution is 2.30. The standard InChI is InChI=1S/C21H27N5O3/c27-20(4-3-18-15-23-6-7-24-18)26-10-13-29-19(16-25-8-11-28-12-9-25)21(26)17-2-1-5-22-14-17/h1-2,5-7,14-15,19,21H,3-4,8-13,16H2/t19-,21-/m0/s1. The summed E-state index contributed by atoms with van der Waals surface area (Å²) in [7, 11) is 0. The van der Waals surface area contributed by atoms with E-state index in [1.807, 2.05) is 23.2 Å². The van der Waals surface area contributed by atoms with Gasteiger partial charge in [-0.2, -0.15) is 0 Å². The molecule has 8 nitrogen and oxygen atoms in total. The lowest BCUT2D eigenvalue weighted by atomic mass is 9.98. The van der Waals surface area contributed by atoms with Crippen LogP contribution in [0.1, 0.15) is 23.7 Å². The minimum Gasteiger partial charge on any atom is -0.379 e. The molecular weight excluding hydrogens is 370 g/mol. The average Bonchev–Trinajstić information content (AvgIpc) is 2.79. The number of nitrogens with zero attached hydrogens (tertiary/aromatic N) is 5. The fraction of sp³-hybridized carbons (Fsp3) is 0.524. The van der Waals surface area contributed by atoms with Crippen LogP contribution in [0.25, 0.3) is 0 Å². The second-order valence-corrected chi connectivity index (χ2v) is 7.34. The molecule has 2 aromatic heterocycles. The SMILES string of the molecule is O=C(CCc1cnccn1)N1CCO[C@@H](CN2CCOCC2)[C@@H]1c1cccnc1. The fourth-order valence-corrected chi connectivity index (χ4v) is 3.99. The van der Waals surface area contributed by atoms with Crippen molar-refractivity contribution in [3.8, 4) is 0 Å². The van der Waals surface area contributed by atoms with Gasteiger partial charge in [0.1, 0.15) is 0 Å². The number of aromatic nitrogens is 3. The highest BCUT2D eigenvalue weighted by molar-refractivity contribution is 5.77. The maximum Gasteiger partial charge on any atom is 0.223 e. The molecule has 0 unspecified atom stereocenters. The predicted octanol–water partition coefficient (Wildman–Crippen LogP) is 1.11. The molecule has 2 aromatic rings. The Hall–Kier alpha value is -2.42. The third-order valence-corrected chi connectivity index (χ3v) is 5.45. The van der Waals surface area contributed by atoms with Crippen molar-refractivity contribution in [1.29, 1.82) is 0 Å². The maximum absolute atomic E-state index is 13.2. The van der Waals surface area contributed by atoms with Crippen LogP contribution in [0.15, 0.2) is 43.1 Å². The van der Waals surface area contributed by atoms with Crippen LogP contribution in [0.3, 0.4) is 0 Å². The van der Waals surface area contributed by atoms with Crippen molar-refractivity contribution in [3.05, 3.63) is 54.4 Å². The van der Waals surface area contributed by atoms with Crippen molar-refractivity contribution in [2.24, 2.45) is 0 Å². The fourth-order valence-electron chi connectivity index (χ4n) is 3.99. The molecule has 0 N–H and O–H groups in total. The molecule has 1 amide bonds. The number of carbonyl (C=O) groups is 1. The van der Waals surface area contributed by atoms with Gasteiger partial charge in [-0.15, -0.1) is 0 Å². The smallest absolute Gasteiger partial charge is 0.223 e. The van der Waals surface area contributed by atoms with E-state index in [0.717, 1.165) is 44.1 Å². The van der Waals surface area contributed by atoms with Crippen molar-refractivity contribution >= 4 is 5.91 Å². The molecule has 0 saturated carbocycles. The molecule has 154 valence electrons. The highest BCUT2D eigenvalue weighted by atomic mass is 16.5. The van der Waals surface area contributed by atoms with Crippen molar-refractivity contribution in [2.75, 3.05) is 46.0 Å². The third kappa shape index (κ3) is 5.14. The number of hydrogen-bond donors (Lipinski definition) is 0. The Morgan fingerprint density at radius 2 is 1.93 bits per heavy atom. The number of rotatable bonds is 6. The summed E-state index contributed by atoms with van der Waals surface area (Å²) in [5, 5.41) is 0. The van der Waals surface area contributed by atoms with Crippen molar-refractivity contribution in [2.45, 2.75) is 25.0 Å². The van der Waals surface area contributed by atoms with Gasteiger partial charge in [0, 0.05) is 63.6 Å². The van der Waals surface area contributed by atoms with Crippen LogP contribution >= 0.6 is 0 Å². The minimum absolute atomic E-state index is 0.0912. The van der Waals surface area contributed by atoms with Crippen LogP contribution < -0.4 is 0 Å². The van der Waals surface area contributed by atoms with Gasteiger partial charge in [0.05, 0.1) is 37.7 Å². The van der Waals surface area contributed by atoms with E-state index < -0.39 is 0 Å². The molecule has 2 aliphatic heterocycles. The molecular formula is C21H27N5O3. The van der Waals surface area contributed by atoms with Gasteiger partial charge >= 0.3 is 0 Å². The molecule has 0 spiro atoms. The zero-order valence-electron chi connectivity index (χ0n) is 16.5. The number of pyridine rings is 1. The molecule has 2 atom stereocenters. The minimum atomic E-state index is -0.144. The van der Waals surface area contributed by atoms with Gasteiger partial charge < -0.3 is 14.4 Å². The summed E-state index contributed by atoms with van der Waals surface area (Å²) in [6.07, 6.45) is 9.50. The molecule has 2 aliphatic rings. The van der Waals surface area contributed by atoms with E-state index >= 15 is 0 Å². The molecule has 8 heteroatoms. The van der Waals surface area contributed by atoms with Crippen molar-refractivity contribution < 1.29 is 14.3 Å². The molecule has 0 aliphatic carbocycles. The molecule has 2 fully saturated rings. The summed E-state index contributed by atoms with van der Waals surface area (Å²) in [6.45, 7) is 5.16. The first-order valence-corrected chi connectivity index (χ1v) is 10.2. The maximum atomic E-state index is 13.2. The largest absolute Gasteiger partial charge is 0.379 e. The normalized spacial score (nSPS) is 23.1. The van der Waals surface area contributed by atoms with E-state index in [-0.39, 0.29) is 18.1 Å². The lowest BCUT2D eigenvalue weighted by molar-refractivity contribution is -0.149. The predicted molar refractivity (Wildman–Crippen MR) is 106 cm³/mol. The van der Waals surface area contributed by atoms with E-state index in [1.165, 1.54) is 0 Å². The van der Waals surface area contributed by atoms with Gasteiger partial charge in [-0.25, -0.2) is 0 Å². The summed E-state index contributed by atoms with van der Waals surface area (Å²) < 4.78 is 11.6. The first kappa shape index (κ1) is 19.9. The lowest BCUT2D eigenvalue weighted by Gasteiger charge is -2.43. The monoisotopic (exact) mass is 397 g/mol. The van der Waals surface area contributed by atoms with Crippen molar-refractivity contribution in [3.63, 3.8) is 0 Å². The van der Waals surface area contributed by atoms with Crippen LogP contribution in [-0.4, -0.2) is 82.8 Å². The summed E-state index contributed by atoms with van der Waals surface area (Å²) >= 11 is 0. The van der Waals surface area contributed by atoms with Crippen LogP contribution in [0, 0.1) is 0 Å². The number of ether oxygens (including phenoxy) is 2. The molecule has 4 heterocycles. The first-order valence-electron chi connectivity index (χ1n) is 10.2. The molecule has 0 radical (unpaired) electrons. The third-order valence-electron chi connectivity index (χ3n) is 5.45. The topological polar surface area (TPSA) is 80.7 Å². The summed E-state index contributed by atoms with van der Waals surface area (Å²) in [5.41, 5.74) is 1.84. The summed E-state index contributed by atoms with van der Waals surface area (Å²) in [6, 6.07) is 3.80. The van der Waals surface area contributed by atoms with Gasteiger partial charge in [-0.05, 0) is 18.1 Å². The molecule has 4 rings (SSSR count). The van der Waals surface area contributed by atoms with Crippen molar-refractivity contribution in [1.82, 2.24) is 24.8 Å². The van der Waals surface area contributed by atoms with E-state index in [1.54, 1.807) is 24.8 Å².